The van der Waals surface area contributed by atoms with Crippen LogP contribution in [0.4, 0.5) is 0 Å². The van der Waals surface area contributed by atoms with E-state index < -0.39 is 0 Å². The molecule has 0 aliphatic heterocycles. The van der Waals surface area contributed by atoms with Crippen LogP contribution in [0.2, 0.25) is 0 Å². The number of rotatable bonds is 2. The molecule has 17 heavy (non-hydrogen) atoms. The van der Waals surface area contributed by atoms with Gasteiger partial charge in [0.2, 0.25) is 0 Å². The number of thiocarbonyl (C=S) groups is 1. The molecule has 86 valence electrons. The van der Waals surface area contributed by atoms with E-state index in [2.05, 4.69) is 32.7 Å². The maximum absolute atomic E-state index is 5.29. The van der Waals surface area contributed by atoms with Crippen LogP contribution in [0.3, 0.4) is 0 Å². The summed E-state index contributed by atoms with van der Waals surface area (Å²) in [6.45, 7) is 1.81. The van der Waals surface area contributed by atoms with Crippen LogP contribution in [0.1, 0.15) is 12.6 Å². The lowest BCUT2D eigenvalue weighted by atomic mass is 10.2. The Bertz CT molecular complexity index is 593. The number of para-hydroxylation sites is 2. The second kappa shape index (κ2) is 4.84. The SMILES string of the molecule is C/C(=N\NC(N)=S)c1cnc2ccccc2n1. The summed E-state index contributed by atoms with van der Waals surface area (Å²) in [7, 11) is 0. The third-order valence-electron chi connectivity index (χ3n) is 2.15. The van der Waals surface area contributed by atoms with E-state index in [1.807, 2.05) is 31.2 Å². The Morgan fingerprint density at radius 2 is 2.06 bits per heavy atom. The zero-order chi connectivity index (χ0) is 12.3. The summed E-state index contributed by atoms with van der Waals surface area (Å²) in [6, 6.07) is 7.65. The highest BCUT2D eigenvalue weighted by Crippen LogP contribution is 2.08. The fourth-order valence-corrected chi connectivity index (χ4v) is 1.37. The number of hydrogen-bond acceptors (Lipinski definition) is 4. The molecule has 0 saturated carbocycles. The van der Waals surface area contributed by atoms with Gasteiger partial charge in [0.1, 0.15) is 5.69 Å². The average Bonchev–Trinajstić information content (AvgIpc) is 2.35. The van der Waals surface area contributed by atoms with Gasteiger partial charge in [0, 0.05) is 0 Å². The standard InChI is InChI=1S/C11H11N5S/c1-7(15-16-11(12)17)10-6-13-8-4-2-3-5-9(8)14-10/h2-6H,1H3,(H3,12,16,17)/b15-7+. The Kier molecular flexibility index (Phi) is 3.24. The number of benzene rings is 1. The van der Waals surface area contributed by atoms with Crippen molar-refractivity contribution in [3.05, 3.63) is 36.2 Å². The van der Waals surface area contributed by atoms with Crippen molar-refractivity contribution < 1.29 is 0 Å². The van der Waals surface area contributed by atoms with Gasteiger partial charge in [-0.3, -0.25) is 10.4 Å². The van der Waals surface area contributed by atoms with Gasteiger partial charge in [0.05, 0.1) is 22.9 Å². The van der Waals surface area contributed by atoms with Crippen LogP contribution in [-0.4, -0.2) is 20.8 Å². The van der Waals surface area contributed by atoms with Gasteiger partial charge in [-0.05, 0) is 31.3 Å². The molecule has 2 rings (SSSR count). The molecule has 0 atom stereocenters. The summed E-state index contributed by atoms with van der Waals surface area (Å²) in [4.78, 5) is 8.73. The van der Waals surface area contributed by atoms with Gasteiger partial charge in [-0.1, -0.05) is 12.1 Å². The maximum atomic E-state index is 5.29. The molecular formula is C11H11N5S. The lowest BCUT2D eigenvalue weighted by Crippen LogP contribution is -2.25. The van der Waals surface area contributed by atoms with E-state index in [-0.39, 0.29) is 5.11 Å². The molecule has 0 spiro atoms. The van der Waals surface area contributed by atoms with E-state index in [4.69, 9.17) is 5.73 Å². The summed E-state index contributed by atoms with van der Waals surface area (Å²) in [5.74, 6) is 0. The number of hydrogen-bond donors (Lipinski definition) is 2. The monoisotopic (exact) mass is 245 g/mol. The molecule has 0 aliphatic carbocycles. The fourth-order valence-electron chi connectivity index (χ4n) is 1.33. The number of aromatic nitrogens is 2. The maximum Gasteiger partial charge on any atom is 0.184 e. The number of nitrogens with two attached hydrogens (primary N) is 1. The van der Waals surface area contributed by atoms with Crippen molar-refractivity contribution in [1.29, 1.82) is 0 Å². The van der Waals surface area contributed by atoms with Crippen LogP contribution in [0.25, 0.3) is 11.0 Å². The molecule has 1 aromatic heterocycles. The summed E-state index contributed by atoms with van der Waals surface area (Å²) in [5.41, 5.74) is 10.9. The Labute approximate surface area is 104 Å². The van der Waals surface area contributed by atoms with Gasteiger partial charge < -0.3 is 5.73 Å². The van der Waals surface area contributed by atoms with E-state index in [1.165, 1.54) is 0 Å². The molecule has 0 amide bonds. The topological polar surface area (TPSA) is 76.2 Å². The molecule has 0 fully saturated rings. The molecule has 0 radical (unpaired) electrons. The van der Waals surface area contributed by atoms with E-state index in [0.29, 0.717) is 11.4 Å². The van der Waals surface area contributed by atoms with E-state index in [0.717, 1.165) is 11.0 Å². The van der Waals surface area contributed by atoms with Crippen LogP contribution in [0, 0.1) is 0 Å². The molecule has 0 aliphatic rings. The third-order valence-corrected chi connectivity index (χ3v) is 2.24. The molecule has 2 aromatic rings. The van der Waals surface area contributed by atoms with Crippen molar-refractivity contribution in [2.45, 2.75) is 6.92 Å². The van der Waals surface area contributed by atoms with Gasteiger partial charge in [-0.15, -0.1) is 0 Å². The minimum atomic E-state index is 0.123. The van der Waals surface area contributed by atoms with Gasteiger partial charge in [0.15, 0.2) is 5.11 Å². The summed E-state index contributed by atoms with van der Waals surface area (Å²) in [5, 5.41) is 4.12. The molecular weight excluding hydrogens is 234 g/mol. The highest BCUT2D eigenvalue weighted by molar-refractivity contribution is 7.80. The Morgan fingerprint density at radius 1 is 1.35 bits per heavy atom. The Hall–Kier alpha value is -2.08. The van der Waals surface area contributed by atoms with Gasteiger partial charge in [-0.2, -0.15) is 5.10 Å². The zero-order valence-electron chi connectivity index (χ0n) is 9.21. The predicted octanol–water partition coefficient (Wildman–Crippen LogP) is 1.19. The number of nitrogens with zero attached hydrogens (tertiary/aromatic N) is 3. The third kappa shape index (κ3) is 2.73. The lowest BCUT2D eigenvalue weighted by Gasteiger charge is -2.02. The van der Waals surface area contributed by atoms with Crippen LogP contribution in [0.5, 0.6) is 0 Å². The zero-order valence-corrected chi connectivity index (χ0v) is 10.0. The molecule has 6 heteroatoms. The Morgan fingerprint density at radius 3 is 2.76 bits per heavy atom. The average molecular weight is 245 g/mol. The number of hydrazone groups is 1. The summed E-state index contributed by atoms with van der Waals surface area (Å²) in [6.07, 6.45) is 1.67. The van der Waals surface area contributed by atoms with E-state index in [9.17, 15) is 0 Å². The molecule has 0 saturated heterocycles. The predicted molar refractivity (Wildman–Crippen MR) is 71.7 cm³/mol. The van der Waals surface area contributed by atoms with Crippen LogP contribution in [0.15, 0.2) is 35.6 Å². The summed E-state index contributed by atoms with van der Waals surface area (Å²) < 4.78 is 0. The van der Waals surface area contributed by atoms with Crippen molar-refractivity contribution in [2.24, 2.45) is 10.8 Å². The highest BCUT2D eigenvalue weighted by atomic mass is 32.1. The first-order chi connectivity index (χ1) is 8.16. The largest absolute Gasteiger partial charge is 0.375 e. The molecule has 0 unspecified atom stereocenters. The van der Waals surface area contributed by atoms with Gasteiger partial charge >= 0.3 is 0 Å². The van der Waals surface area contributed by atoms with Crippen molar-refractivity contribution in [2.75, 3.05) is 0 Å². The first-order valence-electron chi connectivity index (χ1n) is 4.99. The minimum Gasteiger partial charge on any atom is -0.375 e. The Balaban J connectivity index is 2.36. The first kappa shape index (κ1) is 11.4. The normalized spacial score (nSPS) is 11.5. The van der Waals surface area contributed by atoms with Crippen molar-refractivity contribution in [3.63, 3.8) is 0 Å². The number of fused-ring (bicyclic) bond motifs is 1. The van der Waals surface area contributed by atoms with E-state index >= 15 is 0 Å². The summed E-state index contributed by atoms with van der Waals surface area (Å²) >= 11 is 4.66. The van der Waals surface area contributed by atoms with Crippen molar-refractivity contribution >= 4 is 34.1 Å². The second-order valence-electron chi connectivity index (χ2n) is 3.42. The first-order valence-corrected chi connectivity index (χ1v) is 5.39. The van der Waals surface area contributed by atoms with Crippen LogP contribution >= 0.6 is 12.2 Å². The van der Waals surface area contributed by atoms with E-state index in [1.54, 1.807) is 6.20 Å². The number of nitrogens with one attached hydrogen (secondary N) is 1. The van der Waals surface area contributed by atoms with Crippen molar-refractivity contribution in [1.82, 2.24) is 15.4 Å². The molecule has 1 heterocycles. The molecule has 3 N–H and O–H groups in total. The molecule has 0 bridgehead atoms. The highest BCUT2D eigenvalue weighted by Gasteiger charge is 2.02. The quantitative estimate of drug-likeness (QED) is 0.472. The molecule has 1 aromatic carbocycles. The van der Waals surface area contributed by atoms with Gasteiger partial charge in [-0.25, -0.2) is 4.98 Å². The lowest BCUT2D eigenvalue weighted by molar-refractivity contribution is 1.02. The van der Waals surface area contributed by atoms with Crippen LogP contribution < -0.4 is 11.2 Å². The fraction of sp³-hybridized carbons (Fsp3) is 0.0909. The van der Waals surface area contributed by atoms with Gasteiger partial charge in [0.25, 0.3) is 0 Å². The van der Waals surface area contributed by atoms with Crippen LogP contribution in [-0.2, 0) is 0 Å². The van der Waals surface area contributed by atoms with Crippen molar-refractivity contribution in [3.8, 4) is 0 Å². The molecule has 5 nitrogen and oxygen atoms in total. The smallest absolute Gasteiger partial charge is 0.184 e. The second-order valence-corrected chi connectivity index (χ2v) is 3.86. The minimum absolute atomic E-state index is 0.123.